The van der Waals surface area contributed by atoms with Gasteiger partial charge in [-0.1, -0.05) is 29.3 Å². The molecule has 1 heterocycles. The Morgan fingerprint density at radius 3 is 2.47 bits per heavy atom. The van der Waals surface area contributed by atoms with Gasteiger partial charge in [0.1, 0.15) is 5.82 Å². The van der Waals surface area contributed by atoms with Gasteiger partial charge in [0.2, 0.25) is 0 Å². The van der Waals surface area contributed by atoms with Crippen molar-refractivity contribution in [2.45, 2.75) is 6.42 Å². The van der Waals surface area contributed by atoms with E-state index in [4.69, 9.17) is 28.3 Å². The smallest absolute Gasteiger partial charge is 0.309 e. The fraction of sp³-hybridized carbons (Fsp3) is 0.0769. The molecule has 0 amide bonds. The number of nitrogens with zero attached hydrogens (tertiary/aromatic N) is 1. The first kappa shape index (κ1) is 13.8. The highest BCUT2D eigenvalue weighted by atomic mass is 35.5. The van der Waals surface area contributed by atoms with Crippen molar-refractivity contribution >= 4 is 29.2 Å². The number of aromatic nitrogens is 1. The summed E-state index contributed by atoms with van der Waals surface area (Å²) in [6.07, 6.45) is 0.886. The van der Waals surface area contributed by atoms with Crippen molar-refractivity contribution in [3.8, 4) is 11.1 Å². The zero-order chi connectivity index (χ0) is 14.0. The molecule has 0 atom stereocenters. The van der Waals surface area contributed by atoms with E-state index >= 15 is 0 Å². The van der Waals surface area contributed by atoms with E-state index in [2.05, 4.69) is 4.98 Å². The lowest BCUT2D eigenvalue weighted by Crippen LogP contribution is -2.05. The average molecular weight is 300 g/mol. The van der Waals surface area contributed by atoms with E-state index in [0.29, 0.717) is 21.2 Å². The van der Waals surface area contributed by atoms with Crippen LogP contribution in [0.1, 0.15) is 5.69 Å². The Morgan fingerprint density at radius 1 is 1.32 bits per heavy atom. The van der Waals surface area contributed by atoms with Crippen LogP contribution in [0.5, 0.6) is 0 Å². The average Bonchev–Trinajstić information content (AvgIpc) is 2.32. The molecule has 19 heavy (non-hydrogen) atoms. The predicted octanol–water partition coefficient (Wildman–Crippen LogP) is 3.82. The van der Waals surface area contributed by atoms with Crippen LogP contribution in [-0.2, 0) is 11.2 Å². The molecule has 2 aromatic rings. The number of halogens is 3. The number of carbonyl (C=O) groups is 1. The van der Waals surface area contributed by atoms with E-state index in [0.717, 1.165) is 0 Å². The van der Waals surface area contributed by atoms with Gasteiger partial charge in [-0.3, -0.25) is 9.78 Å². The molecular weight excluding hydrogens is 292 g/mol. The van der Waals surface area contributed by atoms with Crippen LogP contribution < -0.4 is 0 Å². The lowest BCUT2D eigenvalue weighted by molar-refractivity contribution is -0.136. The Bertz CT molecular complexity index is 626. The standard InChI is InChI=1S/C13H8Cl2FNO2/c14-8-2-1-3-9(15)13(8)7-4-10(16)11(17-6-7)5-12(18)19/h1-4,6H,5H2,(H,18,19). The quantitative estimate of drug-likeness (QED) is 0.937. The molecule has 0 aliphatic heterocycles. The van der Waals surface area contributed by atoms with Crippen LogP contribution >= 0.6 is 23.2 Å². The van der Waals surface area contributed by atoms with Crippen molar-refractivity contribution in [1.29, 1.82) is 0 Å². The molecule has 3 nitrogen and oxygen atoms in total. The van der Waals surface area contributed by atoms with E-state index < -0.39 is 18.2 Å². The zero-order valence-corrected chi connectivity index (χ0v) is 11.0. The number of benzene rings is 1. The summed E-state index contributed by atoms with van der Waals surface area (Å²) in [5.41, 5.74) is 0.751. The third-order valence-corrected chi connectivity index (χ3v) is 3.12. The molecule has 0 bridgehead atoms. The first-order chi connectivity index (χ1) is 8.99. The third-order valence-electron chi connectivity index (χ3n) is 2.49. The number of aliphatic carboxylic acids is 1. The zero-order valence-electron chi connectivity index (χ0n) is 9.53. The second-order valence-electron chi connectivity index (χ2n) is 3.82. The van der Waals surface area contributed by atoms with Gasteiger partial charge in [-0.25, -0.2) is 4.39 Å². The summed E-state index contributed by atoms with van der Waals surface area (Å²) in [6, 6.07) is 6.12. The summed E-state index contributed by atoms with van der Waals surface area (Å²) in [6.45, 7) is 0. The number of carboxylic acids is 1. The number of hydrogen-bond donors (Lipinski definition) is 1. The van der Waals surface area contributed by atoms with Gasteiger partial charge in [0.25, 0.3) is 0 Å². The van der Waals surface area contributed by atoms with Gasteiger partial charge in [-0.05, 0) is 18.2 Å². The highest BCUT2D eigenvalue weighted by molar-refractivity contribution is 6.39. The third kappa shape index (κ3) is 3.03. The van der Waals surface area contributed by atoms with Gasteiger partial charge < -0.3 is 5.11 Å². The van der Waals surface area contributed by atoms with Gasteiger partial charge >= 0.3 is 5.97 Å². The predicted molar refractivity (Wildman–Crippen MR) is 71.0 cm³/mol. The highest BCUT2D eigenvalue weighted by Crippen LogP contribution is 2.34. The molecule has 1 N–H and O–H groups in total. The summed E-state index contributed by atoms with van der Waals surface area (Å²) in [7, 11) is 0. The summed E-state index contributed by atoms with van der Waals surface area (Å²) < 4.78 is 13.7. The number of pyridine rings is 1. The SMILES string of the molecule is O=C(O)Cc1ncc(-c2c(Cl)cccc2Cl)cc1F. The van der Waals surface area contributed by atoms with Crippen LogP contribution in [0, 0.1) is 5.82 Å². The van der Waals surface area contributed by atoms with Crippen LogP contribution in [0.4, 0.5) is 4.39 Å². The molecule has 0 radical (unpaired) electrons. The Kier molecular flexibility index (Phi) is 4.02. The van der Waals surface area contributed by atoms with Crippen molar-refractivity contribution in [3.63, 3.8) is 0 Å². The van der Waals surface area contributed by atoms with Crippen molar-refractivity contribution in [1.82, 2.24) is 4.98 Å². The van der Waals surface area contributed by atoms with Crippen LogP contribution in [-0.4, -0.2) is 16.1 Å². The van der Waals surface area contributed by atoms with Gasteiger partial charge in [-0.15, -0.1) is 0 Å². The molecule has 0 saturated carbocycles. The maximum Gasteiger partial charge on any atom is 0.309 e. The Labute approximate surface area is 118 Å². The maximum absolute atomic E-state index is 13.7. The van der Waals surface area contributed by atoms with Crippen LogP contribution in [0.15, 0.2) is 30.5 Å². The minimum Gasteiger partial charge on any atom is -0.481 e. The molecule has 2 rings (SSSR count). The first-order valence-electron chi connectivity index (χ1n) is 5.29. The van der Waals surface area contributed by atoms with Crippen LogP contribution in [0.25, 0.3) is 11.1 Å². The van der Waals surface area contributed by atoms with Crippen LogP contribution in [0.3, 0.4) is 0 Å². The summed E-state index contributed by atoms with van der Waals surface area (Å²) in [4.78, 5) is 14.3. The minimum atomic E-state index is -1.14. The van der Waals surface area contributed by atoms with E-state index in [-0.39, 0.29) is 5.69 Å². The number of rotatable bonds is 3. The number of hydrogen-bond acceptors (Lipinski definition) is 2. The normalized spacial score (nSPS) is 10.5. The molecule has 1 aromatic carbocycles. The van der Waals surface area contributed by atoms with E-state index in [1.54, 1.807) is 18.2 Å². The largest absolute Gasteiger partial charge is 0.481 e. The lowest BCUT2D eigenvalue weighted by atomic mass is 10.1. The van der Waals surface area contributed by atoms with E-state index in [9.17, 15) is 9.18 Å². The molecule has 0 aliphatic carbocycles. The molecule has 0 unspecified atom stereocenters. The van der Waals surface area contributed by atoms with Crippen molar-refractivity contribution < 1.29 is 14.3 Å². The topological polar surface area (TPSA) is 50.2 Å². The van der Waals surface area contributed by atoms with Gasteiger partial charge in [0.15, 0.2) is 0 Å². The summed E-state index contributed by atoms with van der Waals surface area (Å²) in [5.74, 6) is -1.84. The number of carboxylic acid groups (broad SMARTS) is 1. The lowest BCUT2D eigenvalue weighted by Gasteiger charge is -2.08. The second-order valence-corrected chi connectivity index (χ2v) is 4.63. The first-order valence-corrected chi connectivity index (χ1v) is 6.05. The molecule has 98 valence electrons. The summed E-state index contributed by atoms with van der Waals surface area (Å²) >= 11 is 12.0. The molecule has 0 spiro atoms. The monoisotopic (exact) mass is 299 g/mol. The van der Waals surface area contributed by atoms with Crippen molar-refractivity contribution in [2.75, 3.05) is 0 Å². The molecule has 1 aromatic heterocycles. The van der Waals surface area contributed by atoms with E-state index in [1.165, 1.54) is 12.3 Å². The van der Waals surface area contributed by atoms with Crippen LogP contribution in [0.2, 0.25) is 10.0 Å². The molecular formula is C13H8Cl2FNO2. The fourth-order valence-corrected chi connectivity index (χ4v) is 2.27. The molecule has 0 saturated heterocycles. The fourth-order valence-electron chi connectivity index (χ4n) is 1.65. The summed E-state index contributed by atoms with van der Waals surface area (Å²) in [5, 5.41) is 9.37. The molecule has 0 fully saturated rings. The maximum atomic E-state index is 13.7. The Hall–Kier alpha value is -1.65. The van der Waals surface area contributed by atoms with Gasteiger partial charge in [0, 0.05) is 27.4 Å². The van der Waals surface area contributed by atoms with Gasteiger partial charge in [-0.2, -0.15) is 0 Å². The van der Waals surface area contributed by atoms with Crippen molar-refractivity contribution in [2.24, 2.45) is 0 Å². The highest BCUT2D eigenvalue weighted by Gasteiger charge is 2.13. The van der Waals surface area contributed by atoms with Crippen molar-refractivity contribution in [3.05, 3.63) is 52.0 Å². The minimum absolute atomic E-state index is 0.126. The Morgan fingerprint density at radius 2 is 1.95 bits per heavy atom. The Balaban J connectivity index is 2.48. The van der Waals surface area contributed by atoms with E-state index in [1.807, 2.05) is 0 Å². The molecule has 6 heteroatoms. The molecule has 0 aliphatic rings. The van der Waals surface area contributed by atoms with Gasteiger partial charge in [0.05, 0.1) is 12.1 Å². The second kappa shape index (κ2) is 5.55.